The van der Waals surface area contributed by atoms with Crippen LogP contribution in [-0.2, 0) is 0 Å². The van der Waals surface area contributed by atoms with Crippen molar-refractivity contribution in [1.29, 1.82) is 0 Å². The number of hydrogen-bond acceptors (Lipinski definition) is 9. The smallest absolute Gasteiger partial charge is 0.258 e. The molecule has 2 N–H and O–H groups in total. The molecule has 2 atom stereocenters. The number of anilines is 1. The van der Waals surface area contributed by atoms with Gasteiger partial charge in [-0.2, -0.15) is 0 Å². The summed E-state index contributed by atoms with van der Waals surface area (Å²) in [6.07, 6.45) is 9.16. The van der Waals surface area contributed by atoms with Gasteiger partial charge in [-0.1, -0.05) is 30.4 Å². The Morgan fingerprint density at radius 2 is 1.40 bits per heavy atom. The van der Waals surface area contributed by atoms with Crippen LogP contribution in [0, 0.1) is 13.8 Å². The monoisotopic (exact) mass is 783 g/mol. The van der Waals surface area contributed by atoms with E-state index >= 15 is 0 Å². The van der Waals surface area contributed by atoms with Crippen molar-refractivity contribution in [3.63, 3.8) is 0 Å². The molecule has 2 amide bonds. The van der Waals surface area contributed by atoms with E-state index in [9.17, 15) is 9.59 Å². The van der Waals surface area contributed by atoms with Crippen molar-refractivity contribution < 1.29 is 38.0 Å². The van der Waals surface area contributed by atoms with Crippen LogP contribution in [0.1, 0.15) is 69.2 Å². The average molecular weight is 784 g/mol. The lowest BCUT2D eigenvalue weighted by atomic mass is 9.92. The van der Waals surface area contributed by atoms with Gasteiger partial charge in [0.25, 0.3) is 11.8 Å². The highest BCUT2D eigenvalue weighted by atomic mass is 16.7. The number of methoxy groups -OCH3 is 2. The Balaban J connectivity index is 0.987. The van der Waals surface area contributed by atoms with Crippen molar-refractivity contribution in [3.8, 4) is 34.5 Å². The lowest BCUT2D eigenvalue weighted by Crippen LogP contribution is -2.42. The van der Waals surface area contributed by atoms with E-state index in [-0.39, 0.29) is 24.6 Å². The highest BCUT2D eigenvalue weighted by Crippen LogP contribution is 2.43. The average Bonchev–Trinajstić information content (AvgIpc) is 3.98. The molecule has 0 spiro atoms. The van der Waals surface area contributed by atoms with E-state index in [1.165, 1.54) is 0 Å². The molecular weight excluding hydrogens is 735 g/mol. The van der Waals surface area contributed by atoms with Crippen LogP contribution in [0.3, 0.4) is 0 Å². The number of nitrogens with two attached hydrogens (primary N) is 1. The summed E-state index contributed by atoms with van der Waals surface area (Å²) in [5, 5.41) is 0. The molecule has 0 radical (unpaired) electrons. The Labute approximate surface area is 339 Å². The van der Waals surface area contributed by atoms with Crippen LogP contribution in [0.4, 0.5) is 5.69 Å². The van der Waals surface area contributed by atoms with Gasteiger partial charge in [0.15, 0.2) is 34.5 Å². The SMILES string of the molecule is C=CC1CC(c2ccc(N)cc2)=CN1C(=O)c1cc(OC)c(OCCCOc2cc(C)c(C(=O)N3C=C(c4ccc5c(c4)OCO5)CC3(C)C=C)cc2OC)cc1C. The molecule has 3 aliphatic rings. The number of carbonyl (C=O) groups excluding carboxylic acids is 2. The summed E-state index contributed by atoms with van der Waals surface area (Å²) in [7, 11) is 3.10. The molecule has 4 aromatic carbocycles. The van der Waals surface area contributed by atoms with E-state index in [4.69, 9.17) is 34.2 Å². The highest BCUT2D eigenvalue weighted by molar-refractivity contribution is 6.00. The number of nitrogens with zero attached hydrogens (tertiary/aromatic N) is 2. The van der Waals surface area contributed by atoms with E-state index in [1.54, 1.807) is 42.2 Å². The van der Waals surface area contributed by atoms with Crippen LogP contribution in [0.2, 0.25) is 0 Å². The number of ether oxygens (including phenoxy) is 6. The summed E-state index contributed by atoms with van der Waals surface area (Å²) >= 11 is 0. The van der Waals surface area contributed by atoms with E-state index < -0.39 is 5.54 Å². The zero-order valence-corrected chi connectivity index (χ0v) is 33.6. The molecule has 11 nitrogen and oxygen atoms in total. The molecule has 7 rings (SSSR count). The van der Waals surface area contributed by atoms with Crippen LogP contribution < -0.4 is 34.2 Å². The fourth-order valence-electron chi connectivity index (χ4n) is 7.51. The van der Waals surface area contributed by atoms with Crippen molar-refractivity contribution in [2.75, 3.05) is 40.0 Å². The lowest BCUT2D eigenvalue weighted by molar-refractivity contribution is 0.0739. The quantitative estimate of drug-likeness (QED) is 0.0760. The Morgan fingerprint density at radius 3 is 2.00 bits per heavy atom. The second kappa shape index (κ2) is 16.5. The second-order valence-electron chi connectivity index (χ2n) is 14.8. The van der Waals surface area contributed by atoms with Gasteiger partial charge in [-0.05, 0) is 109 Å². The molecule has 4 aromatic rings. The minimum atomic E-state index is -0.642. The van der Waals surface area contributed by atoms with E-state index in [0.29, 0.717) is 83.8 Å². The number of nitrogen functional groups attached to an aromatic ring is 1. The molecular formula is C47H49N3O8. The fraction of sp³-hybridized carbons (Fsp3) is 0.277. The largest absolute Gasteiger partial charge is 0.493 e. The maximum Gasteiger partial charge on any atom is 0.258 e. The van der Waals surface area contributed by atoms with Gasteiger partial charge in [0, 0.05) is 42.1 Å². The predicted molar refractivity (Wildman–Crippen MR) is 225 cm³/mol. The molecule has 300 valence electrons. The minimum absolute atomic E-state index is 0.152. The topological polar surface area (TPSA) is 122 Å². The Morgan fingerprint density at radius 1 is 0.793 bits per heavy atom. The first-order valence-corrected chi connectivity index (χ1v) is 19.2. The van der Waals surface area contributed by atoms with Crippen LogP contribution in [0.25, 0.3) is 11.1 Å². The van der Waals surface area contributed by atoms with Gasteiger partial charge in [0.05, 0.1) is 39.0 Å². The van der Waals surface area contributed by atoms with Crippen molar-refractivity contribution in [2.45, 2.75) is 51.6 Å². The first-order valence-electron chi connectivity index (χ1n) is 19.2. The standard InChI is InChI=1S/C47H49N3O8/c1-8-36-21-33(31-11-14-35(48)15-12-31)26-49(36)45(51)37-23-40(53-6)42(19-29(37)3)55-17-10-18-56-43-20-30(4)38(24-41(43)54-7)46(52)50-27-34(25-47(50,5)9-2)32-13-16-39-44(22-32)58-28-57-39/h8-9,11-16,19-20,22-24,26-27,36H,1-2,10,17-18,21,25,28,48H2,3-7H3. The van der Waals surface area contributed by atoms with Gasteiger partial charge in [-0.3, -0.25) is 9.59 Å². The summed E-state index contributed by atoms with van der Waals surface area (Å²) in [6.45, 7) is 14.6. The zero-order chi connectivity index (χ0) is 41.1. The summed E-state index contributed by atoms with van der Waals surface area (Å²) in [6, 6.07) is 20.4. The molecule has 0 bridgehead atoms. The molecule has 11 heteroatoms. The first kappa shape index (κ1) is 39.6. The number of fused-ring (bicyclic) bond motifs is 1. The maximum atomic E-state index is 14.2. The Hall–Kier alpha value is -6.62. The molecule has 0 aliphatic carbocycles. The molecule has 2 unspecified atom stereocenters. The van der Waals surface area contributed by atoms with E-state index in [2.05, 4.69) is 13.2 Å². The number of aryl methyl sites for hydroxylation is 2. The molecule has 3 aliphatic heterocycles. The number of rotatable bonds is 14. The normalized spacial score (nSPS) is 18.1. The van der Waals surface area contributed by atoms with Crippen LogP contribution in [-0.4, -0.2) is 67.4 Å². The number of carbonyl (C=O) groups is 2. The van der Waals surface area contributed by atoms with E-state index in [0.717, 1.165) is 33.4 Å². The molecule has 0 aromatic heterocycles. The Bertz CT molecular complexity index is 2330. The Kier molecular flexibility index (Phi) is 11.2. The number of amides is 2. The second-order valence-corrected chi connectivity index (χ2v) is 14.8. The van der Waals surface area contributed by atoms with Gasteiger partial charge in [0.2, 0.25) is 6.79 Å². The summed E-state index contributed by atoms with van der Waals surface area (Å²) in [5.41, 5.74) is 12.4. The summed E-state index contributed by atoms with van der Waals surface area (Å²) in [5.74, 6) is 3.01. The lowest BCUT2D eigenvalue weighted by Gasteiger charge is -2.32. The molecule has 58 heavy (non-hydrogen) atoms. The van der Waals surface area contributed by atoms with Crippen molar-refractivity contribution in [3.05, 3.63) is 138 Å². The summed E-state index contributed by atoms with van der Waals surface area (Å²) < 4.78 is 34.7. The third-order valence-electron chi connectivity index (χ3n) is 10.9. The maximum absolute atomic E-state index is 14.2. The molecule has 0 saturated heterocycles. The van der Waals surface area contributed by atoms with Crippen LogP contribution >= 0.6 is 0 Å². The van der Waals surface area contributed by atoms with E-state index in [1.807, 2.05) is 93.8 Å². The molecule has 0 fully saturated rings. The summed E-state index contributed by atoms with van der Waals surface area (Å²) in [4.78, 5) is 31.5. The third kappa shape index (κ3) is 7.72. The first-order chi connectivity index (χ1) is 28.0. The predicted octanol–water partition coefficient (Wildman–Crippen LogP) is 8.75. The molecule has 3 heterocycles. The minimum Gasteiger partial charge on any atom is -0.493 e. The van der Waals surface area contributed by atoms with Gasteiger partial charge < -0.3 is 44.0 Å². The van der Waals surface area contributed by atoms with Gasteiger partial charge in [-0.25, -0.2) is 0 Å². The zero-order valence-electron chi connectivity index (χ0n) is 33.6. The fourth-order valence-corrected chi connectivity index (χ4v) is 7.51. The third-order valence-corrected chi connectivity index (χ3v) is 10.9. The highest BCUT2D eigenvalue weighted by Gasteiger charge is 2.39. The van der Waals surface area contributed by atoms with Gasteiger partial charge >= 0.3 is 0 Å². The molecule has 0 saturated carbocycles. The number of benzene rings is 4. The number of hydrogen-bond donors (Lipinski definition) is 1. The van der Waals surface area contributed by atoms with Crippen molar-refractivity contribution in [2.24, 2.45) is 0 Å². The van der Waals surface area contributed by atoms with Crippen molar-refractivity contribution >= 4 is 28.6 Å². The van der Waals surface area contributed by atoms with Crippen LogP contribution in [0.5, 0.6) is 34.5 Å². The van der Waals surface area contributed by atoms with Crippen LogP contribution in [0.15, 0.2) is 104 Å². The van der Waals surface area contributed by atoms with Gasteiger partial charge in [0.1, 0.15) is 0 Å². The van der Waals surface area contributed by atoms with Crippen molar-refractivity contribution in [1.82, 2.24) is 9.80 Å². The van der Waals surface area contributed by atoms with Gasteiger partial charge in [-0.15, -0.1) is 13.2 Å².